The molecule has 0 heterocycles. The van der Waals surface area contributed by atoms with Gasteiger partial charge >= 0.3 is 0 Å². The number of carbonyl (C=O) groups is 1. The Bertz CT molecular complexity index is 1020. The molecule has 0 fully saturated rings. The van der Waals surface area contributed by atoms with Crippen LogP contribution in [0.5, 0.6) is 23.0 Å². The Labute approximate surface area is 182 Å². The minimum atomic E-state index is -0.275. The summed E-state index contributed by atoms with van der Waals surface area (Å²) < 4.78 is 21.4. The molecule has 6 heteroatoms. The van der Waals surface area contributed by atoms with Gasteiger partial charge in [-0.25, -0.2) is 0 Å². The van der Waals surface area contributed by atoms with Crippen LogP contribution in [0.1, 0.15) is 28.4 Å². The van der Waals surface area contributed by atoms with Gasteiger partial charge in [0.15, 0.2) is 28.8 Å². The van der Waals surface area contributed by atoms with Crippen LogP contribution in [0, 0.1) is 0 Å². The van der Waals surface area contributed by atoms with Crippen molar-refractivity contribution in [3.63, 3.8) is 0 Å². The van der Waals surface area contributed by atoms with E-state index in [4.69, 9.17) is 18.9 Å². The van der Waals surface area contributed by atoms with E-state index in [9.17, 15) is 4.79 Å². The van der Waals surface area contributed by atoms with Gasteiger partial charge in [-0.2, -0.15) is 0 Å². The molecule has 0 radical (unpaired) electrons. The number of para-hydroxylation sites is 1. The van der Waals surface area contributed by atoms with Crippen molar-refractivity contribution >= 4 is 11.5 Å². The second-order valence-corrected chi connectivity index (χ2v) is 6.87. The molecular formula is C25H27NO5. The van der Waals surface area contributed by atoms with Crippen molar-refractivity contribution in [1.29, 1.82) is 0 Å². The number of anilines is 1. The van der Waals surface area contributed by atoms with E-state index >= 15 is 0 Å². The summed E-state index contributed by atoms with van der Waals surface area (Å²) in [7, 11) is 6.31. The average Bonchev–Trinajstić information content (AvgIpc) is 2.83. The smallest absolute Gasteiger partial charge is 0.165 e. The van der Waals surface area contributed by atoms with Gasteiger partial charge in [-0.3, -0.25) is 4.79 Å². The Hall–Kier alpha value is -3.67. The van der Waals surface area contributed by atoms with Crippen LogP contribution in [-0.4, -0.2) is 34.2 Å². The quantitative estimate of drug-likeness (QED) is 0.457. The van der Waals surface area contributed by atoms with Crippen LogP contribution in [0.4, 0.5) is 5.69 Å². The SMILES string of the molecule is COc1ccc(C(=O)CC(Nc2ccccc2)c2ccc(OC)c(OC)c2)cc1OC. The zero-order valence-electron chi connectivity index (χ0n) is 18.2. The molecule has 31 heavy (non-hydrogen) atoms. The molecule has 1 unspecified atom stereocenters. The number of methoxy groups -OCH3 is 4. The summed E-state index contributed by atoms with van der Waals surface area (Å²) in [4.78, 5) is 13.2. The van der Waals surface area contributed by atoms with Crippen molar-refractivity contribution in [2.75, 3.05) is 33.8 Å². The minimum absolute atomic E-state index is 0.0239. The first-order valence-electron chi connectivity index (χ1n) is 9.88. The fourth-order valence-corrected chi connectivity index (χ4v) is 3.37. The van der Waals surface area contributed by atoms with Crippen molar-refractivity contribution in [3.05, 3.63) is 77.9 Å². The largest absolute Gasteiger partial charge is 0.493 e. The molecule has 1 N–H and O–H groups in total. The Morgan fingerprint density at radius 2 is 1.32 bits per heavy atom. The van der Waals surface area contributed by atoms with Gasteiger partial charge in [0.1, 0.15) is 0 Å². The van der Waals surface area contributed by atoms with Crippen LogP contribution < -0.4 is 24.3 Å². The van der Waals surface area contributed by atoms with Gasteiger partial charge in [0.25, 0.3) is 0 Å². The fourth-order valence-electron chi connectivity index (χ4n) is 3.37. The zero-order valence-corrected chi connectivity index (χ0v) is 18.2. The van der Waals surface area contributed by atoms with E-state index in [0.29, 0.717) is 28.6 Å². The fraction of sp³-hybridized carbons (Fsp3) is 0.240. The second-order valence-electron chi connectivity index (χ2n) is 6.87. The molecule has 0 spiro atoms. The lowest BCUT2D eigenvalue weighted by Crippen LogP contribution is -2.16. The van der Waals surface area contributed by atoms with Crippen LogP contribution in [0.2, 0.25) is 0 Å². The lowest BCUT2D eigenvalue weighted by atomic mass is 9.97. The summed E-state index contributed by atoms with van der Waals surface area (Å²) in [6, 6.07) is 20.4. The molecule has 0 aliphatic heterocycles. The van der Waals surface area contributed by atoms with E-state index in [1.165, 1.54) is 0 Å². The summed E-state index contributed by atoms with van der Waals surface area (Å²) in [5, 5.41) is 3.46. The lowest BCUT2D eigenvalue weighted by Gasteiger charge is -2.21. The molecule has 0 saturated heterocycles. The normalized spacial score (nSPS) is 11.4. The molecule has 0 bridgehead atoms. The highest BCUT2D eigenvalue weighted by atomic mass is 16.5. The van der Waals surface area contributed by atoms with Crippen LogP contribution in [0.25, 0.3) is 0 Å². The lowest BCUT2D eigenvalue weighted by molar-refractivity contribution is 0.0976. The molecule has 0 amide bonds. The number of Topliss-reactive ketones (excluding diaryl/α,β-unsaturated/α-hetero) is 1. The standard InChI is InChI=1S/C25H27NO5/c1-28-22-12-10-17(14-24(22)30-3)20(26-19-8-6-5-7-9-19)16-21(27)18-11-13-23(29-2)25(15-18)31-4/h5-15,20,26H,16H2,1-4H3. The summed E-state index contributed by atoms with van der Waals surface area (Å²) in [5.74, 6) is 2.32. The molecule has 0 aliphatic carbocycles. The maximum absolute atomic E-state index is 13.2. The Balaban J connectivity index is 1.92. The van der Waals surface area contributed by atoms with E-state index in [-0.39, 0.29) is 18.2 Å². The monoisotopic (exact) mass is 421 g/mol. The molecule has 1 atom stereocenters. The van der Waals surface area contributed by atoms with E-state index in [0.717, 1.165) is 11.3 Å². The highest BCUT2D eigenvalue weighted by molar-refractivity contribution is 5.97. The third-order valence-electron chi connectivity index (χ3n) is 5.02. The van der Waals surface area contributed by atoms with Crippen LogP contribution in [0.3, 0.4) is 0 Å². The highest BCUT2D eigenvalue weighted by Crippen LogP contribution is 2.34. The summed E-state index contributed by atoms with van der Waals surface area (Å²) in [6.45, 7) is 0. The van der Waals surface area contributed by atoms with Gasteiger partial charge in [-0.05, 0) is 48.0 Å². The van der Waals surface area contributed by atoms with E-state index in [2.05, 4.69) is 5.32 Å². The highest BCUT2D eigenvalue weighted by Gasteiger charge is 2.20. The maximum Gasteiger partial charge on any atom is 0.165 e. The van der Waals surface area contributed by atoms with Gasteiger partial charge in [0, 0.05) is 17.7 Å². The van der Waals surface area contributed by atoms with Crippen LogP contribution in [-0.2, 0) is 0 Å². The third kappa shape index (κ3) is 5.28. The first-order valence-corrected chi connectivity index (χ1v) is 9.88. The number of benzene rings is 3. The number of ketones is 1. The molecule has 162 valence electrons. The van der Waals surface area contributed by atoms with Gasteiger partial charge in [-0.1, -0.05) is 24.3 Å². The zero-order chi connectivity index (χ0) is 22.2. The molecule has 0 aromatic heterocycles. The molecule has 3 rings (SSSR count). The minimum Gasteiger partial charge on any atom is -0.493 e. The first kappa shape index (κ1) is 22.0. The van der Waals surface area contributed by atoms with E-state index in [1.54, 1.807) is 46.6 Å². The number of hydrogen-bond acceptors (Lipinski definition) is 6. The van der Waals surface area contributed by atoms with Gasteiger partial charge < -0.3 is 24.3 Å². The van der Waals surface area contributed by atoms with Crippen molar-refractivity contribution in [1.82, 2.24) is 0 Å². The maximum atomic E-state index is 13.2. The number of ether oxygens (including phenoxy) is 4. The van der Waals surface area contributed by atoms with Crippen molar-refractivity contribution in [3.8, 4) is 23.0 Å². The van der Waals surface area contributed by atoms with Crippen LogP contribution >= 0.6 is 0 Å². The number of hydrogen-bond donors (Lipinski definition) is 1. The van der Waals surface area contributed by atoms with E-state index in [1.807, 2.05) is 48.5 Å². The molecule has 3 aromatic carbocycles. The number of nitrogens with one attached hydrogen (secondary N) is 1. The molecule has 3 aromatic rings. The summed E-state index contributed by atoms with van der Waals surface area (Å²) >= 11 is 0. The third-order valence-corrected chi connectivity index (χ3v) is 5.02. The molecular weight excluding hydrogens is 394 g/mol. The number of rotatable bonds is 10. The van der Waals surface area contributed by atoms with Gasteiger partial charge in [0.05, 0.1) is 34.5 Å². The topological polar surface area (TPSA) is 66.0 Å². The molecule has 0 aliphatic rings. The van der Waals surface area contributed by atoms with Crippen molar-refractivity contribution < 1.29 is 23.7 Å². The second kappa shape index (κ2) is 10.4. The molecule has 6 nitrogen and oxygen atoms in total. The summed E-state index contributed by atoms with van der Waals surface area (Å²) in [6.07, 6.45) is 0.236. The van der Waals surface area contributed by atoms with Gasteiger partial charge in [0.2, 0.25) is 0 Å². The summed E-state index contributed by atoms with van der Waals surface area (Å²) in [5.41, 5.74) is 2.38. The number of carbonyl (C=O) groups excluding carboxylic acids is 1. The first-order chi connectivity index (χ1) is 15.1. The predicted octanol–water partition coefficient (Wildman–Crippen LogP) is 5.15. The Morgan fingerprint density at radius 1 is 0.742 bits per heavy atom. The molecule has 0 saturated carbocycles. The van der Waals surface area contributed by atoms with Gasteiger partial charge in [-0.15, -0.1) is 0 Å². The van der Waals surface area contributed by atoms with Crippen molar-refractivity contribution in [2.45, 2.75) is 12.5 Å². The Morgan fingerprint density at radius 3 is 1.94 bits per heavy atom. The Kier molecular flexibility index (Phi) is 7.38. The van der Waals surface area contributed by atoms with Crippen LogP contribution in [0.15, 0.2) is 66.7 Å². The van der Waals surface area contributed by atoms with Crippen molar-refractivity contribution in [2.24, 2.45) is 0 Å². The van der Waals surface area contributed by atoms with E-state index < -0.39 is 0 Å². The average molecular weight is 421 g/mol. The predicted molar refractivity (Wildman–Crippen MR) is 121 cm³/mol.